The Hall–Kier alpha value is -1.36. The molecule has 0 bridgehead atoms. The zero-order chi connectivity index (χ0) is 13.8. The van der Waals surface area contributed by atoms with Gasteiger partial charge in [0.1, 0.15) is 0 Å². The summed E-state index contributed by atoms with van der Waals surface area (Å²) in [5, 5.41) is 7.34. The molecule has 5 nitrogen and oxygen atoms in total. The molecule has 0 unspecified atom stereocenters. The zero-order valence-electron chi connectivity index (χ0n) is 12.1. The highest BCUT2D eigenvalue weighted by molar-refractivity contribution is 5.95. The summed E-state index contributed by atoms with van der Waals surface area (Å²) in [7, 11) is 3.86. The van der Waals surface area contributed by atoms with Crippen LogP contribution in [0.25, 0.3) is 0 Å². The van der Waals surface area contributed by atoms with Crippen molar-refractivity contribution in [2.75, 3.05) is 26.7 Å². The summed E-state index contributed by atoms with van der Waals surface area (Å²) in [6.45, 7) is 4.77. The van der Waals surface area contributed by atoms with E-state index in [4.69, 9.17) is 0 Å². The number of carbonyl (C=O) groups excluding carboxylic acids is 1. The average Bonchev–Trinajstić information content (AvgIpc) is 2.76. The lowest BCUT2D eigenvalue weighted by molar-refractivity contribution is 0.0686. The third-order valence-electron chi connectivity index (χ3n) is 4.17. The summed E-state index contributed by atoms with van der Waals surface area (Å²) < 4.78 is 1.76. The minimum absolute atomic E-state index is 0.137. The SMILES string of the molecule is CNCCC1CCN(C(=O)c2cnn(C)c2C)CC1. The van der Waals surface area contributed by atoms with Crippen LogP contribution >= 0.6 is 0 Å². The number of piperidine rings is 1. The number of aromatic nitrogens is 2. The van der Waals surface area contributed by atoms with Crippen molar-refractivity contribution in [3.63, 3.8) is 0 Å². The van der Waals surface area contributed by atoms with Gasteiger partial charge in [0.15, 0.2) is 0 Å². The predicted octanol–water partition coefficient (Wildman–Crippen LogP) is 1.19. The van der Waals surface area contributed by atoms with Gasteiger partial charge in [-0.05, 0) is 45.7 Å². The fourth-order valence-corrected chi connectivity index (χ4v) is 2.65. The minimum Gasteiger partial charge on any atom is -0.339 e. The fourth-order valence-electron chi connectivity index (χ4n) is 2.65. The molecule has 0 saturated carbocycles. The smallest absolute Gasteiger partial charge is 0.257 e. The highest BCUT2D eigenvalue weighted by Crippen LogP contribution is 2.22. The minimum atomic E-state index is 0.137. The average molecular weight is 264 g/mol. The van der Waals surface area contributed by atoms with Gasteiger partial charge in [-0.15, -0.1) is 0 Å². The number of hydrogen-bond donors (Lipinski definition) is 1. The van der Waals surface area contributed by atoms with Gasteiger partial charge in [-0.2, -0.15) is 5.10 Å². The molecule has 106 valence electrons. The molecule has 1 aromatic rings. The number of amides is 1. The van der Waals surface area contributed by atoms with Crippen LogP contribution in [0.3, 0.4) is 0 Å². The van der Waals surface area contributed by atoms with Crippen molar-refractivity contribution in [2.45, 2.75) is 26.2 Å². The monoisotopic (exact) mass is 264 g/mol. The van der Waals surface area contributed by atoms with Crippen molar-refractivity contribution in [3.8, 4) is 0 Å². The van der Waals surface area contributed by atoms with Gasteiger partial charge < -0.3 is 10.2 Å². The lowest BCUT2D eigenvalue weighted by atomic mass is 9.93. The van der Waals surface area contributed by atoms with E-state index >= 15 is 0 Å². The Morgan fingerprint density at radius 1 is 1.47 bits per heavy atom. The van der Waals surface area contributed by atoms with Crippen molar-refractivity contribution in [2.24, 2.45) is 13.0 Å². The van der Waals surface area contributed by atoms with Crippen molar-refractivity contribution < 1.29 is 4.79 Å². The maximum absolute atomic E-state index is 12.4. The molecule has 0 aliphatic carbocycles. The highest BCUT2D eigenvalue weighted by atomic mass is 16.2. The number of likely N-dealkylation sites (tertiary alicyclic amines) is 1. The molecule has 1 fully saturated rings. The maximum Gasteiger partial charge on any atom is 0.257 e. The van der Waals surface area contributed by atoms with E-state index < -0.39 is 0 Å². The molecule has 1 N–H and O–H groups in total. The van der Waals surface area contributed by atoms with Gasteiger partial charge in [-0.1, -0.05) is 0 Å². The van der Waals surface area contributed by atoms with Crippen LogP contribution in [0.15, 0.2) is 6.20 Å². The maximum atomic E-state index is 12.4. The molecule has 1 amide bonds. The van der Waals surface area contributed by atoms with E-state index in [0.29, 0.717) is 0 Å². The molecule has 0 radical (unpaired) electrons. The molecule has 0 spiro atoms. The van der Waals surface area contributed by atoms with Crippen molar-refractivity contribution in [1.29, 1.82) is 0 Å². The number of carbonyl (C=O) groups is 1. The number of hydrogen-bond acceptors (Lipinski definition) is 3. The standard InChI is InChI=1S/C14H24N4O/c1-11-13(10-16-17(11)3)14(19)18-8-5-12(6-9-18)4-7-15-2/h10,12,15H,4-9H2,1-3H3. The second-order valence-electron chi connectivity index (χ2n) is 5.40. The molecule has 1 aliphatic heterocycles. The van der Waals surface area contributed by atoms with E-state index in [2.05, 4.69) is 10.4 Å². The summed E-state index contributed by atoms with van der Waals surface area (Å²) in [6, 6.07) is 0. The first-order valence-electron chi connectivity index (χ1n) is 7.06. The molecular weight excluding hydrogens is 240 g/mol. The summed E-state index contributed by atoms with van der Waals surface area (Å²) in [5.74, 6) is 0.893. The van der Waals surface area contributed by atoms with Crippen LogP contribution in [-0.4, -0.2) is 47.3 Å². The molecule has 1 aromatic heterocycles. The van der Waals surface area contributed by atoms with Crippen LogP contribution < -0.4 is 5.32 Å². The van der Waals surface area contributed by atoms with E-state index in [-0.39, 0.29) is 5.91 Å². The second kappa shape index (κ2) is 6.19. The molecule has 1 aliphatic rings. The van der Waals surface area contributed by atoms with Crippen LogP contribution in [0.5, 0.6) is 0 Å². The van der Waals surface area contributed by atoms with E-state index in [1.54, 1.807) is 10.9 Å². The van der Waals surface area contributed by atoms with Crippen LogP contribution in [0.1, 0.15) is 35.3 Å². The van der Waals surface area contributed by atoms with Gasteiger partial charge in [-0.3, -0.25) is 9.48 Å². The quantitative estimate of drug-likeness (QED) is 0.888. The van der Waals surface area contributed by atoms with Gasteiger partial charge in [0.2, 0.25) is 0 Å². The largest absolute Gasteiger partial charge is 0.339 e. The Bertz CT molecular complexity index is 433. The van der Waals surface area contributed by atoms with Crippen LogP contribution in [0.4, 0.5) is 0 Å². The van der Waals surface area contributed by atoms with E-state index in [1.807, 2.05) is 25.9 Å². The number of nitrogens with one attached hydrogen (secondary N) is 1. The van der Waals surface area contributed by atoms with Crippen molar-refractivity contribution >= 4 is 5.91 Å². The Kier molecular flexibility index (Phi) is 4.58. The topological polar surface area (TPSA) is 50.2 Å². The first-order valence-corrected chi connectivity index (χ1v) is 7.06. The Morgan fingerprint density at radius 2 is 2.16 bits per heavy atom. The fraction of sp³-hybridized carbons (Fsp3) is 0.714. The third kappa shape index (κ3) is 3.15. The summed E-state index contributed by atoms with van der Waals surface area (Å²) >= 11 is 0. The predicted molar refractivity (Wildman–Crippen MR) is 75.1 cm³/mol. The van der Waals surface area contributed by atoms with Gasteiger partial charge in [0, 0.05) is 25.8 Å². The molecular formula is C14H24N4O. The molecule has 0 atom stereocenters. The van der Waals surface area contributed by atoms with E-state index in [1.165, 1.54) is 6.42 Å². The van der Waals surface area contributed by atoms with Crippen LogP contribution in [0.2, 0.25) is 0 Å². The van der Waals surface area contributed by atoms with Gasteiger partial charge in [0.05, 0.1) is 11.8 Å². The number of aryl methyl sites for hydroxylation is 1. The normalized spacial score (nSPS) is 16.9. The van der Waals surface area contributed by atoms with Crippen LogP contribution in [-0.2, 0) is 7.05 Å². The van der Waals surface area contributed by atoms with Gasteiger partial charge in [-0.25, -0.2) is 0 Å². The third-order valence-corrected chi connectivity index (χ3v) is 4.17. The lowest BCUT2D eigenvalue weighted by Gasteiger charge is -2.32. The van der Waals surface area contributed by atoms with E-state index in [9.17, 15) is 4.79 Å². The Labute approximate surface area is 115 Å². The second-order valence-corrected chi connectivity index (χ2v) is 5.40. The molecule has 2 rings (SSSR count). The molecule has 5 heteroatoms. The van der Waals surface area contributed by atoms with Gasteiger partial charge in [0.25, 0.3) is 5.91 Å². The number of nitrogens with zero attached hydrogens (tertiary/aromatic N) is 3. The first kappa shape index (κ1) is 14.1. The molecule has 2 heterocycles. The first-order chi connectivity index (χ1) is 9.13. The van der Waals surface area contributed by atoms with Crippen LogP contribution in [0, 0.1) is 12.8 Å². The highest BCUT2D eigenvalue weighted by Gasteiger charge is 2.25. The number of rotatable bonds is 4. The van der Waals surface area contributed by atoms with E-state index in [0.717, 1.165) is 49.7 Å². The Morgan fingerprint density at radius 3 is 2.68 bits per heavy atom. The summed E-state index contributed by atoms with van der Waals surface area (Å²) in [6.07, 6.45) is 5.13. The van der Waals surface area contributed by atoms with Crippen molar-refractivity contribution in [1.82, 2.24) is 20.0 Å². The lowest BCUT2D eigenvalue weighted by Crippen LogP contribution is -2.39. The zero-order valence-corrected chi connectivity index (χ0v) is 12.1. The molecule has 19 heavy (non-hydrogen) atoms. The summed E-state index contributed by atoms with van der Waals surface area (Å²) in [5.41, 5.74) is 1.69. The van der Waals surface area contributed by atoms with Gasteiger partial charge >= 0.3 is 0 Å². The molecule has 0 aromatic carbocycles. The Balaban J connectivity index is 1.91. The molecule has 1 saturated heterocycles. The van der Waals surface area contributed by atoms with Crippen molar-refractivity contribution in [3.05, 3.63) is 17.5 Å². The summed E-state index contributed by atoms with van der Waals surface area (Å²) in [4.78, 5) is 14.4.